The highest BCUT2D eigenvalue weighted by molar-refractivity contribution is 5.96. The molecule has 2 fully saturated rings. The van der Waals surface area contributed by atoms with Gasteiger partial charge in [-0.1, -0.05) is 0 Å². The van der Waals surface area contributed by atoms with Crippen LogP contribution in [-0.4, -0.2) is 60.1 Å². The number of ether oxygens (including phenoxy) is 1. The number of aromatic nitrogens is 2. The predicted octanol–water partition coefficient (Wildman–Crippen LogP) is 2.78. The number of likely N-dealkylation sites (tertiary alicyclic amines) is 1. The van der Waals surface area contributed by atoms with Crippen molar-refractivity contribution >= 4 is 23.2 Å². The normalized spacial score (nSPS) is 18.2. The van der Waals surface area contributed by atoms with Crippen molar-refractivity contribution in [2.24, 2.45) is 5.73 Å². The minimum absolute atomic E-state index is 0.141. The zero-order valence-corrected chi connectivity index (χ0v) is 17.5. The first-order chi connectivity index (χ1) is 14.6. The Morgan fingerprint density at radius 3 is 2.47 bits per heavy atom. The van der Waals surface area contributed by atoms with E-state index in [1.54, 1.807) is 6.20 Å². The van der Waals surface area contributed by atoms with E-state index in [1.165, 1.54) is 6.42 Å². The Bertz CT molecular complexity index is 858. The van der Waals surface area contributed by atoms with Crippen LogP contribution in [0.15, 0.2) is 30.5 Å². The fraction of sp³-hybridized carbons (Fsp3) is 0.500. The van der Waals surface area contributed by atoms with E-state index in [0.29, 0.717) is 5.82 Å². The van der Waals surface area contributed by atoms with Gasteiger partial charge in [0.1, 0.15) is 17.7 Å². The van der Waals surface area contributed by atoms with Crippen molar-refractivity contribution in [3.8, 4) is 5.75 Å². The molecule has 2 aliphatic rings. The van der Waals surface area contributed by atoms with E-state index < -0.39 is 5.91 Å². The maximum atomic E-state index is 11.8. The van der Waals surface area contributed by atoms with Gasteiger partial charge in [0.2, 0.25) is 0 Å². The second-order valence-corrected chi connectivity index (χ2v) is 8.11. The Hall–Kier alpha value is -2.87. The molecule has 8 nitrogen and oxygen atoms in total. The zero-order chi connectivity index (χ0) is 20.9. The van der Waals surface area contributed by atoms with Gasteiger partial charge in [0.05, 0.1) is 6.20 Å². The predicted molar refractivity (Wildman–Crippen MR) is 117 cm³/mol. The molecule has 1 aromatic heterocycles. The molecule has 0 atom stereocenters. The first kappa shape index (κ1) is 20.4. The highest BCUT2D eigenvalue weighted by atomic mass is 16.5. The fourth-order valence-corrected chi connectivity index (χ4v) is 3.97. The second kappa shape index (κ2) is 9.30. The summed E-state index contributed by atoms with van der Waals surface area (Å²) in [7, 11) is 2.14. The largest absolute Gasteiger partial charge is 0.490 e. The molecule has 2 aliphatic heterocycles. The molecule has 0 saturated carbocycles. The van der Waals surface area contributed by atoms with Gasteiger partial charge in [-0.3, -0.25) is 4.79 Å². The maximum Gasteiger partial charge on any atom is 0.271 e. The van der Waals surface area contributed by atoms with Gasteiger partial charge in [-0.05, 0) is 63.4 Å². The van der Waals surface area contributed by atoms with Gasteiger partial charge in [0.25, 0.3) is 5.91 Å². The molecule has 1 amide bonds. The Labute approximate surface area is 177 Å². The standard InChI is InChI=1S/C22H30N6O2/c1-27-13-9-18(10-14-27)30-17-7-5-16(6-8-17)25-22-20(21(23)29)24-15-19(26-22)28-11-3-2-4-12-28/h5-8,15,18H,2-4,9-14H2,1H3,(H2,23,29)(H,25,26). The van der Waals surface area contributed by atoms with Crippen LogP contribution in [0, 0.1) is 0 Å². The highest BCUT2D eigenvalue weighted by Crippen LogP contribution is 2.25. The van der Waals surface area contributed by atoms with Crippen LogP contribution in [0.2, 0.25) is 0 Å². The molecule has 8 heteroatoms. The van der Waals surface area contributed by atoms with Gasteiger partial charge in [-0.2, -0.15) is 0 Å². The van der Waals surface area contributed by atoms with E-state index in [1.807, 2.05) is 24.3 Å². The topological polar surface area (TPSA) is 96.6 Å². The zero-order valence-electron chi connectivity index (χ0n) is 17.5. The van der Waals surface area contributed by atoms with Crippen molar-refractivity contribution in [1.29, 1.82) is 0 Å². The van der Waals surface area contributed by atoms with Crippen LogP contribution in [0.3, 0.4) is 0 Å². The van der Waals surface area contributed by atoms with Gasteiger partial charge >= 0.3 is 0 Å². The first-order valence-electron chi connectivity index (χ1n) is 10.7. The highest BCUT2D eigenvalue weighted by Gasteiger charge is 2.19. The summed E-state index contributed by atoms with van der Waals surface area (Å²) in [5.41, 5.74) is 6.46. The molecule has 0 radical (unpaired) electrons. The minimum atomic E-state index is -0.600. The van der Waals surface area contributed by atoms with E-state index in [0.717, 1.165) is 69.1 Å². The van der Waals surface area contributed by atoms with Crippen LogP contribution in [0.1, 0.15) is 42.6 Å². The summed E-state index contributed by atoms with van der Waals surface area (Å²) in [6, 6.07) is 7.72. The molecule has 30 heavy (non-hydrogen) atoms. The summed E-state index contributed by atoms with van der Waals surface area (Å²) in [5.74, 6) is 1.40. The molecule has 2 aromatic rings. The monoisotopic (exact) mass is 410 g/mol. The van der Waals surface area contributed by atoms with E-state index in [9.17, 15) is 4.79 Å². The number of hydrogen-bond donors (Lipinski definition) is 2. The molecular formula is C22H30N6O2. The summed E-state index contributed by atoms with van der Waals surface area (Å²) < 4.78 is 6.11. The summed E-state index contributed by atoms with van der Waals surface area (Å²) >= 11 is 0. The lowest BCUT2D eigenvalue weighted by molar-refractivity contribution is 0.0996. The van der Waals surface area contributed by atoms with Gasteiger partial charge in [0.15, 0.2) is 11.5 Å². The lowest BCUT2D eigenvalue weighted by atomic mass is 10.1. The van der Waals surface area contributed by atoms with E-state index in [-0.39, 0.29) is 11.8 Å². The summed E-state index contributed by atoms with van der Waals surface area (Å²) in [5, 5.41) is 3.21. The number of anilines is 3. The summed E-state index contributed by atoms with van der Waals surface area (Å²) in [4.78, 5) is 25.3. The Morgan fingerprint density at radius 1 is 1.10 bits per heavy atom. The number of nitrogens with zero attached hydrogens (tertiary/aromatic N) is 4. The lowest BCUT2D eigenvalue weighted by Crippen LogP contribution is -2.35. The SMILES string of the molecule is CN1CCC(Oc2ccc(Nc3nc(N4CCCCC4)cnc3C(N)=O)cc2)CC1. The first-order valence-corrected chi connectivity index (χ1v) is 10.7. The summed E-state index contributed by atoms with van der Waals surface area (Å²) in [6.07, 6.45) is 7.49. The molecule has 0 spiro atoms. The Morgan fingerprint density at radius 2 is 1.80 bits per heavy atom. The average molecular weight is 411 g/mol. The van der Waals surface area contributed by atoms with Crippen molar-refractivity contribution in [2.75, 3.05) is 43.4 Å². The Kier molecular flexibility index (Phi) is 6.32. The molecule has 160 valence electrons. The number of piperidine rings is 2. The second-order valence-electron chi connectivity index (χ2n) is 8.11. The number of primary amides is 1. The number of hydrogen-bond acceptors (Lipinski definition) is 7. The number of nitrogens with two attached hydrogens (primary N) is 1. The number of benzene rings is 1. The number of carbonyl (C=O) groups is 1. The van der Waals surface area contributed by atoms with Crippen molar-refractivity contribution in [3.63, 3.8) is 0 Å². The summed E-state index contributed by atoms with van der Waals surface area (Å²) in [6.45, 7) is 4.03. The van der Waals surface area contributed by atoms with E-state index >= 15 is 0 Å². The smallest absolute Gasteiger partial charge is 0.271 e. The quantitative estimate of drug-likeness (QED) is 0.756. The number of nitrogens with one attached hydrogen (secondary N) is 1. The fourth-order valence-electron chi connectivity index (χ4n) is 3.97. The molecule has 0 bridgehead atoms. The van der Waals surface area contributed by atoms with Gasteiger partial charge in [0, 0.05) is 31.9 Å². The number of carbonyl (C=O) groups excluding carboxylic acids is 1. The third-order valence-electron chi connectivity index (χ3n) is 5.76. The molecule has 0 aliphatic carbocycles. The third-order valence-corrected chi connectivity index (χ3v) is 5.76. The molecule has 4 rings (SSSR count). The van der Waals surface area contributed by atoms with Gasteiger partial charge in [-0.25, -0.2) is 9.97 Å². The molecule has 1 aromatic carbocycles. The van der Waals surface area contributed by atoms with Crippen LogP contribution in [0.4, 0.5) is 17.3 Å². The van der Waals surface area contributed by atoms with Crippen molar-refractivity contribution in [2.45, 2.75) is 38.2 Å². The molecule has 3 N–H and O–H groups in total. The minimum Gasteiger partial charge on any atom is -0.490 e. The maximum absolute atomic E-state index is 11.8. The van der Waals surface area contributed by atoms with Crippen LogP contribution < -0.4 is 20.7 Å². The lowest BCUT2D eigenvalue weighted by Gasteiger charge is -2.29. The van der Waals surface area contributed by atoms with Crippen LogP contribution in [0.25, 0.3) is 0 Å². The van der Waals surface area contributed by atoms with Crippen LogP contribution >= 0.6 is 0 Å². The van der Waals surface area contributed by atoms with Gasteiger partial charge in [-0.15, -0.1) is 0 Å². The average Bonchev–Trinajstić information content (AvgIpc) is 2.77. The van der Waals surface area contributed by atoms with Crippen LogP contribution in [0.5, 0.6) is 5.75 Å². The van der Waals surface area contributed by atoms with Crippen molar-refractivity contribution in [1.82, 2.24) is 14.9 Å². The molecular weight excluding hydrogens is 380 g/mol. The molecule has 0 unspecified atom stereocenters. The van der Waals surface area contributed by atoms with Gasteiger partial charge < -0.3 is 25.6 Å². The van der Waals surface area contributed by atoms with E-state index in [4.69, 9.17) is 10.5 Å². The molecule has 3 heterocycles. The Balaban J connectivity index is 1.46. The van der Waals surface area contributed by atoms with E-state index in [2.05, 4.69) is 32.1 Å². The van der Waals surface area contributed by atoms with Crippen LogP contribution in [-0.2, 0) is 0 Å². The number of amides is 1. The van der Waals surface area contributed by atoms with Crippen molar-refractivity contribution in [3.05, 3.63) is 36.2 Å². The number of rotatable bonds is 6. The third kappa shape index (κ3) is 4.99. The van der Waals surface area contributed by atoms with Crippen molar-refractivity contribution < 1.29 is 9.53 Å². The molecule has 2 saturated heterocycles.